The number of aliphatic carboxylic acids is 2. The predicted octanol–water partition coefficient (Wildman–Crippen LogP) is 1.96. The van der Waals surface area contributed by atoms with Crippen molar-refractivity contribution in [3.63, 3.8) is 0 Å². The Balaban J connectivity index is 3.62. The number of carboxylic acids is 2. The van der Waals surface area contributed by atoms with Crippen molar-refractivity contribution in [1.29, 1.82) is 0 Å². The smallest absolute Gasteiger partial charge is 0.317 e. The van der Waals surface area contributed by atoms with Gasteiger partial charge in [0.15, 0.2) is 5.92 Å². The Hall–Kier alpha value is -0.770. The fourth-order valence-electron chi connectivity index (χ4n) is 1.15. The summed E-state index contributed by atoms with van der Waals surface area (Å²) in [6.45, 7) is 0. The van der Waals surface area contributed by atoms with Crippen molar-refractivity contribution in [3.05, 3.63) is 0 Å². The number of carboxylic acid groups (broad SMARTS) is 2. The van der Waals surface area contributed by atoms with Gasteiger partial charge in [-0.05, 0) is 12.8 Å². The molecule has 0 fully saturated rings. The molecule has 0 rings (SSSR count). The van der Waals surface area contributed by atoms with Crippen molar-refractivity contribution in [2.45, 2.75) is 32.1 Å². The average Bonchev–Trinajstić information content (AvgIpc) is 2.09. The second-order valence-corrected chi connectivity index (χ2v) is 3.50. The van der Waals surface area contributed by atoms with Crippen LogP contribution in [0.3, 0.4) is 0 Å². The molecule has 0 heterocycles. The highest BCUT2D eigenvalue weighted by Crippen LogP contribution is 2.11. The summed E-state index contributed by atoms with van der Waals surface area (Å²) in [6.07, 6.45) is 3.48. The minimum Gasteiger partial charge on any atom is -0.481 e. The Morgan fingerprint density at radius 2 is 1.50 bits per heavy atom. The quantitative estimate of drug-likeness (QED) is 0.374. The molecule has 0 bridgehead atoms. The molecule has 0 aromatic carbocycles. The highest BCUT2D eigenvalue weighted by molar-refractivity contribution is 6.17. The van der Waals surface area contributed by atoms with E-state index in [2.05, 4.69) is 0 Å². The highest BCUT2D eigenvalue weighted by atomic mass is 35.5. The molecule has 82 valence electrons. The Morgan fingerprint density at radius 3 is 1.93 bits per heavy atom. The molecule has 0 aromatic rings. The van der Waals surface area contributed by atoms with Gasteiger partial charge in [0, 0.05) is 5.88 Å². The van der Waals surface area contributed by atoms with Gasteiger partial charge in [0.05, 0.1) is 0 Å². The summed E-state index contributed by atoms with van der Waals surface area (Å²) < 4.78 is 0. The van der Waals surface area contributed by atoms with E-state index in [9.17, 15) is 9.59 Å². The van der Waals surface area contributed by atoms with E-state index in [4.69, 9.17) is 21.8 Å². The van der Waals surface area contributed by atoms with Gasteiger partial charge in [0.2, 0.25) is 0 Å². The van der Waals surface area contributed by atoms with Crippen LogP contribution in [0.25, 0.3) is 0 Å². The minimum absolute atomic E-state index is 0.201. The van der Waals surface area contributed by atoms with Gasteiger partial charge in [-0.1, -0.05) is 19.3 Å². The molecular weight excluding hydrogens is 208 g/mol. The number of halogens is 1. The van der Waals surface area contributed by atoms with Crippen LogP contribution in [0.1, 0.15) is 32.1 Å². The van der Waals surface area contributed by atoms with Gasteiger partial charge < -0.3 is 10.2 Å². The van der Waals surface area contributed by atoms with Gasteiger partial charge in [-0.2, -0.15) is 0 Å². The van der Waals surface area contributed by atoms with Gasteiger partial charge in [-0.25, -0.2) is 0 Å². The fraction of sp³-hybridized carbons (Fsp3) is 0.778. The molecule has 0 aromatic heterocycles. The molecule has 0 atom stereocenters. The third-order valence-corrected chi connectivity index (χ3v) is 2.24. The van der Waals surface area contributed by atoms with Crippen LogP contribution < -0.4 is 0 Å². The second kappa shape index (κ2) is 7.62. The summed E-state index contributed by atoms with van der Waals surface area (Å²) in [7, 11) is 0. The zero-order chi connectivity index (χ0) is 11.0. The van der Waals surface area contributed by atoms with Crippen LogP contribution in [0, 0.1) is 5.92 Å². The lowest BCUT2D eigenvalue weighted by atomic mass is 10.0. The van der Waals surface area contributed by atoms with Crippen LogP contribution >= 0.6 is 11.6 Å². The number of hydrogen-bond acceptors (Lipinski definition) is 2. The first-order chi connectivity index (χ1) is 6.59. The van der Waals surface area contributed by atoms with Crippen molar-refractivity contribution in [1.82, 2.24) is 0 Å². The molecule has 0 aliphatic carbocycles. The van der Waals surface area contributed by atoms with Crippen molar-refractivity contribution in [3.8, 4) is 0 Å². The number of hydrogen-bond donors (Lipinski definition) is 2. The first kappa shape index (κ1) is 13.2. The Kier molecular flexibility index (Phi) is 7.20. The summed E-state index contributed by atoms with van der Waals surface area (Å²) in [5, 5.41) is 17.1. The molecule has 14 heavy (non-hydrogen) atoms. The molecule has 0 aliphatic rings. The number of carbonyl (C=O) groups is 2. The monoisotopic (exact) mass is 222 g/mol. The third kappa shape index (κ3) is 5.80. The van der Waals surface area contributed by atoms with E-state index in [-0.39, 0.29) is 6.42 Å². The molecule has 0 unspecified atom stereocenters. The first-order valence-corrected chi connectivity index (χ1v) is 5.14. The normalized spacial score (nSPS) is 10.4. The predicted molar refractivity (Wildman–Crippen MR) is 52.6 cm³/mol. The fourth-order valence-corrected chi connectivity index (χ4v) is 1.34. The van der Waals surface area contributed by atoms with Crippen LogP contribution in [0.2, 0.25) is 0 Å². The number of alkyl halides is 1. The molecule has 0 saturated heterocycles. The SMILES string of the molecule is O=C(O)C(CCCCCCCl)C(=O)O. The maximum absolute atomic E-state index is 10.5. The van der Waals surface area contributed by atoms with Crippen LogP contribution in [0.4, 0.5) is 0 Å². The molecule has 0 spiro atoms. The van der Waals surface area contributed by atoms with Gasteiger partial charge in [-0.15, -0.1) is 11.6 Å². The number of rotatable bonds is 8. The van der Waals surface area contributed by atoms with E-state index in [1.165, 1.54) is 0 Å². The summed E-state index contributed by atoms with van der Waals surface area (Å²) in [6, 6.07) is 0. The average molecular weight is 223 g/mol. The number of unbranched alkanes of at least 4 members (excludes halogenated alkanes) is 3. The lowest BCUT2D eigenvalue weighted by Crippen LogP contribution is -2.23. The maximum Gasteiger partial charge on any atom is 0.317 e. The Morgan fingerprint density at radius 1 is 1.00 bits per heavy atom. The molecule has 0 amide bonds. The zero-order valence-corrected chi connectivity index (χ0v) is 8.66. The molecule has 4 nitrogen and oxygen atoms in total. The van der Waals surface area contributed by atoms with E-state index in [0.29, 0.717) is 12.3 Å². The van der Waals surface area contributed by atoms with Crippen LogP contribution in [0.15, 0.2) is 0 Å². The standard InChI is InChI=1S/C9H15ClO4/c10-6-4-2-1-3-5-7(8(11)12)9(13)14/h7H,1-6H2,(H,11,12)(H,13,14). The lowest BCUT2D eigenvalue weighted by Gasteiger charge is -2.06. The third-order valence-electron chi connectivity index (χ3n) is 1.97. The van der Waals surface area contributed by atoms with E-state index < -0.39 is 17.9 Å². The summed E-state index contributed by atoms with van der Waals surface area (Å²) >= 11 is 5.46. The van der Waals surface area contributed by atoms with Crippen molar-refractivity contribution in [2.24, 2.45) is 5.92 Å². The molecular formula is C9H15ClO4. The Bertz CT molecular complexity index is 179. The lowest BCUT2D eigenvalue weighted by molar-refractivity contribution is -0.154. The largest absolute Gasteiger partial charge is 0.481 e. The van der Waals surface area contributed by atoms with E-state index in [1.807, 2.05) is 0 Å². The topological polar surface area (TPSA) is 74.6 Å². The van der Waals surface area contributed by atoms with Crippen molar-refractivity contribution < 1.29 is 19.8 Å². The van der Waals surface area contributed by atoms with E-state index in [1.54, 1.807) is 0 Å². The molecule has 0 saturated carbocycles. The minimum atomic E-state index is -1.26. The first-order valence-electron chi connectivity index (χ1n) is 4.61. The summed E-state index contributed by atoms with van der Waals surface area (Å²) in [5.74, 6) is -3.17. The van der Waals surface area contributed by atoms with Gasteiger partial charge in [-0.3, -0.25) is 9.59 Å². The molecule has 0 radical (unpaired) electrons. The van der Waals surface area contributed by atoms with Crippen LogP contribution in [-0.2, 0) is 9.59 Å². The van der Waals surface area contributed by atoms with E-state index in [0.717, 1.165) is 19.3 Å². The Labute approximate surface area is 87.9 Å². The second-order valence-electron chi connectivity index (χ2n) is 3.12. The maximum atomic E-state index is 10.5. The summed E-state index contributed by atoms with van der Waals surface area (Å²) in [4.78, 5) is 20.9. The van der Waals surface area contributed by atoms with Gasteiger partial charge in [0.25, 0.3) is 0 Å². The molecule has 5 heteroatoms. The van der Waals surface area contributed by atoms with Gasteiger partial charge >= 0.3 is 11.9 Å². The molecule has 0 aliphatic heterocycles. The van der Waals surface area contributed by atoms with Crippen LogP contribution in [-0.4, -0.2) is 28.0 Å². The summed E-state index contributed by atoms with van der Waals surface area (Å²) in [5.41, 5.74) is 0. The molecule has 2 N–H and O–H groups in total. The van der Waals surface area contributed by atoms with E-state index >= 15 is 0 Å². The van der Waals surface area contributed by atoms with Gasteiger partial charge in [0.1, 0.15) is 0 Å². The van der Waals surface area contributed by atoms with Crippen molar-refractivity contribution >= 4 is 23.5 Å². The van der Waals surface area contributed by atoms with Crippen molar-refractivity contribution in [2.75, 3.05) is 5.88 Å². The highest BCUT2D eigenvalue weighted by Gasteiger charge is 2.24. The van der Waals surface area contributed by atoms with Crippen LogP contribution in [0.5, 0.6) is 0 Å². The zero-order valence-electron chi connectivity index (χ0n) is 7.91.